The van der Waals surface area contributed by atoms with Crippen LogP contribution in [-0.4, -0.2) is 13.1 Å². The first-order valence-corrected chi connectivity index (χ1v) is 6.44. The Balaban J connectivity index is 2.34. The standard InChI is InChI=1S/C15H12ClF2NO2/c1-21-15(20)14(9-5-6-12(17)13(18)7-9)19-11-4-2-3-10(16)8-11/h2-8,14,19H,1H3. The van der Waals surface area contributed by atoms with Gasteiger partial charge in [-0.1, -0.05) is 23.7 Å². The van der Waals surface area contributed by atoms with E-state index in [9.17, 15) is 13.6 Å². The van der Waals surface area contributed by atoms with Gasteiger partial charge >= 0.3 is 5.97 Å². The van der Waals surface area contributed by atoms with Crippen molar-refractivity contribution in [1.29, 1.82) is 0 Å². The number of rotatable bonds is 4. The highest BCUT2D eigenvalue weighted by Crippen LogP contribution is 2.24. The molecule has 110 valence electrons. The van der Waals surface area contributed by atoms with E-state index in [1.165, 1.54) is 13.2 Å². The molecule has 3 nitrogen and oxygen atoms in total. The molecule has 0 aliphatic carbocycles. The number of anilines is 1. The molecule has 0 saturated heterocycles. The zero-order chi connectivity index (χ0) is 15.4. The molecule has 1 atom stereocenters. The van der Waals surface area contributed by atoms with E-state index in [0.717, 1.165) is 12.1 Å². The molecule has 0 spiro atoms. The number of esters is 1. The van der Waals surface area contributed by atoms with Crippen molar-refractivity contribution >= 4 is 23.3 Å². The number of nitrogens with one attached hydrogen (secondary N) is 1. The van der Waals surface area contributed by atoms with Gasteiger partial charge in [0.25, 0.3) is 0 Å². The lowest BCUT2D eigenvalue weighted by molar-refractivity contribution is -0.141. The molecular formula is C15H12ClF2NO2. The maximum Gasteiger partial charge on any atom is 0.332 e. The molecule has 0 radical (unpaired) electrons. The number of benzene rings is 2. The summed E-state index contributed by atoms with van der Waals surface area (Å²) in [5.41, 5.74) is 0.809. The first-order chi connectivity index (χ1) is 10.0. The van der Waals surface area contributed by atoms with Gasteiger partial charge < -0.3 is 10.1 Å². The van der Waals surface area contributed by atoms with Gasteiger partial charge in [0.05, 0.1) is 7.11 Å². The summed E-state index contributed by atoms with van der Waals surface area (Å²) in [6.07, 6.45) is 0. The lowest BCUT2D eigenvalue weighted by atomic mass is 10.1. The van der Waals surface area contributed by atoms with Crippen LogP contribution in [0.2, 0.25) is 5.02 Å². The third-order valence-electron chi connectivity index (χ3n) is 2.85. The molecule has 0 aromatic heterocycles. The molecule has 0 saturated carbocycles. The highest BCUT2D eigenvalue weighted by molar-refractivity contribution is 6.30. The molecule has 0 fully saturated rings. The van der Waals surface area contributed by atoms with Crippen molar-refractivity contribution in [2.75, 3.05) is 12.4 Å². The number of ether oxygens (including phenoxy) is 1. The predicted octanol–water partition coefficient (Wildman–Crippen LogP) is 3.94. The van der Waals surface area contributed by atoms with E-state index in [2.05, 4.69) is 10.1 Å². The van der Waals surface area contributed by atoms with Crippen LogP contribution in [0.5, 0.6) is 0 Å². The highest BCUT2D eigenvalue weighted by Gasteiger charge is 2.22. The first kappa shape index (κ1) is 15.3. The van der Waals surface area contributed by atoms with Crippen LogP contribution < -0.4 is 5.32 Å². The molecule has 0 heterocycles. The van der Waals surface area contributed by atoms with Gasteiger partial charge in [0.2, 0.25) is 0 Å². The molecule has 0 amide bonds. The Morgan fingerprint density at radius 3 is 2.57 bits per heavy atom. The fraction of sp³-hybridized carbons (Fsp3) is 0.133. The van der Waals surface area contributed by atoms with Crippen molar-refractivity contribution < 1.29 is 18.3 Å². The van der Waals surface area contributed by atoms with Gasteiger partial charge in [-0.15, -0.1) is 0 Å². The maximum atomic E-state index is 13.3. The van der Waals surface area contributed by atoms with Crippen LogP contribution in [0.1, 0.15) is 11.6 Å². The summed E-state index contributed by atoms with van der Waals surface area (Å²) in [5, 5.41) is 3.37. The van der Waals surface area contributed by atoms with Crippen molar-refractivity contribution in [2.45, 2.75) is 6.04 Å². The van der Waals surface area contributed by atoms with Crippen molar-refractivity contribution in [1.82, 2.24) is 0 Å². The first-order valence-electron chi connectivity index (χ1n) is 6.06. The van der Waals surface area contributed by atoms with Gasteiger partial charge in [0.15, 0.2) is 17.7 Å². The van der Waals surface area contributed by atoms with Crippen molar-refractivity contribution in [3.8, 4) is 0 Å². The Bertz CT molecular complexity index is 664. The van der Waals surface area contributed by atoms with Crippen LogP contribution in [0.25, 0.3) is 0 Å². The second kappa shape index (κ2) is 6.54. The second-order valence-electron chi connectivity index (χ2n) is 4.28. The third-order valence-corrected chi connectivity index (χ3v) is 3.08. The van der Waals surface area contributed by atoms with Crippen LogP contribution in [-0.2, 0) is 9.53 Å². The molecule has 2 aromatic carbocycles. The van der Waals surface area contributed by atoms with Crippen LogP contribution in [0.15, 0.2) is 42.5 Å². The summed E-state index contributed by atoms with van der Waals surface area (Å²) in [4.78, 5) is 11.9. The molecule has 1 unspecified atom stereocenters. The summed E-state index contributed by atoms with van der Waals surface area (Å²) < 4.78 is 31.0. The molecule has 2 aromatic rings. The van der Waals surface area contributed by atoms with Crippen LogP contribution in [0.4, 0.5) is 14.5 Å². The van der Waals surface area contributed by atoms with E-state index in [1.54, 1.807) is 24.3 Å². The third kappa shape index (κ3) is 3.70. The Morgan fingerprint density at radius 2 is 1.95 bits per heavy atom. The topological polar surface area (TPSA) is 38.3 Å². The summed E-state index contributed by atoms with van der Waals surface area (Å²) >= 11 is 5.87. The summed E-state index contributed by atoms with van der Waals surface area (Å²) in [5.74, 6) is -2.64. The Morgan fingerprint density at radius 1 is 1.19 bits per heavy atom. The summed E-state index contributed by atoms with van der Waals surface area (Å²) in [6.45, 7) is 0. The highest BCUT2D eigenvalue weighted by atomic mass is 35.5. The number of carbonyl (C=O) groups excluding carboxylic acids is 1. The lowest BCUT2D eigenvalue weighted by Crippen LogP contribution is -2.22. The minimum Gasteiger partial charge on any atom is -0.467 e. The molecule has 2 rings (SSSR count). The van der Waals surface area contributed by atoms with Crippen LogP contribution >= 0.6 is 11.6 Å². The van der Waals surface area contributed by atoms with Gasteiger partial charge in [-0.3, -0.25) is 0 Å². The van der Waals surface area contributed by atoms with Gasteiger partial charge in [-0.05, 0) is 35.9 Å². The smallest absolute Gasteiger partial charge is 0.332 e. The van der Waals surface area contributed by atoms with Crippen molar-refractivity contribution in [3.05, 3.63) is 64.7 Å². The Kier molecular flexibility index (Phi) is 4.75. The number of halogens is 3. The van der Waals surface area contributed by atoms with Crippen LogP contribution in [0.3, 0.4) is 0 Å². The van der Waals surface area contributed by atoms with E-state index in [-0.39, 0.29) is 5.56 Å². The van der Waals surface area contributed by atoms with Gasteiger partial charge in [-0.2, -0.15) is 0 Å². The second-order valence-corrected chi connectivity index (χ2v) is 4.72. The van der Waals surface area contributed by atoms with Crippen LogP contribution in [0, 0.1) is 11.6 Å². The van der Waals surface area contributed by atoms with Gasteiger partial charge in [-0.25, -0.2) is 13.6 Å². The zero-order valence-corrected chi connectivity index (χ0v) is 11.8. The van der Waals surface area contributed by atoms with E-state index in [0.29, 0.717) is 10.7 Å². The van der Waals surface area contributed by atoms with Crippen molar-refractivity contribution in [3.63, 3.8) is 0 Å². The van der Waals surface area contributed by atoms with E-state index in [1.807, 2.05) is 0 Å². The molecule has 0 bridgehead atoms. The minimum atomic E-state index is -1.03. The normalized spacial score (nSPS) is 11.8. The largest absolute Gasteiger partial charge is 0.467 e. The molecule has 0 aliphatic rings. The van der Waals surface area contributed by atoms with Gasteiger partial charge in [0.1, 0.15) is 0 Å². The monoisotopic (exact) mass is 311 g/mol. The molecule has 21 heavy (non-hydrogen) atoms. The van der Waals surface area contributed by atoms with Crippen molar-refractivity contribution in [2.24, 2.45) is 0 Å². The van der Waals surface area contributed by atoms with E-state index >= 15 is 0 Å². The molecule has 6 heteroatoms. The van der Waals surface area contributed by atoms with Gasteiger partial charge in [0, 0.05) is 10.7 Å². The van der Waals surface area contributed by atoms with E-state index in [4.69, 9.17) is 11.6 Å². The number of methoxy groups -OCH3 is 1. The molecule has 1 N–H and O–H groups in total. The average molecular weight is 312 g/mol. The minimum absolute atomic E-state index is 0.251. The average Bonchev–Trinajstić information content (AvgIpc) is 2.47. The molecule has 0 aliphatic heterocycles. The lowest BCUT2D eigenvalue weighted by Gasteiger charge is -2.18. The van der Waals surface area contributed by atoms with E-state index < -0.39 is 23.6 Å². The Hall–Kier alpha value is -2.14. The SMILES string of the molecule is COC(=O)C(Nc1cccc(Cl)c1)c1ccc(F)c(F)c1. The zero-order valence-electron chi connectivity index (χ0n) is 11.1. The molecular weight excluding hydrogens is 300 g/mol. The Labute approximate surface area is 125 Å². The maximum absolute atomic E-state index is 13.3. The number of hydrogen-bond acceptors (Lipinski definition) is 3. The summed E-state index contributed by atoms with van der Waals surface area (Å²) in [7, 11) is 1.22. The summed E-state index contributed by atoms with van der Waals surface area (Å²) in [6, 6.07) is 8.94. The number of hydrogen-bond donors (Lipinski definition) is 1. The quantitative estimate of drug-likeness (QED) is 0.869. The fourth-order valence-electron chi connectivity index (χ4n) is 1.83. The fourth-order valence-corrected chi connectivity index (χ4v) is 2.02. The predicted molar refractivity (Wildman–Crippen MR) is 76.2 cm³/mol. The number of carbonyl (C=O) groups is 1.